The van der Waals surface area contributed by atoms with Crippen LogP contribution in [0.2, 0.25) is 0 Å². The van der Waals surface area contributed by atoms with E-state index in [1.807, 2.05) is 6.07 Å². The van der Waals surface area contributed by atoms with E-state index >= 15 is 0 Å². The Bertz CT molecular complexity index is 650. The van der Waals surface area contributed by atoms with E-state index in [9.17, 15) is 8.78 Å². The third kappa shape index (κ3) is 3.24. The van der Waals surface area contributed by atoms with Gasteiger partial charge in [0.2, 0.25) is 0 Å². The van der Waals surface area contributed by atoms with Gasteiger partial charge in [-0.2, -0.15) is 5.26 Å². The number of halogens is 2. The highest BCUT2D eigenvalue weighted by molar-refractivity contribution is 7.98. The van der Waals surface area contributed by atoms with Crippen molar-refractivity contribution in [2.24, 2.45) is 0 Å². The normalized spacial score (nSPS) is 10.2. The first-order chi connectivity index (χ1) is 9.10. The number of benzene rings is 2. The number of nitriles is 1. The lowest BCUT2D eigenvalue weighted by atomic mass is 10.1. The van der Waals surface area contributed by atoms with Gasteiger partial charge in [0, 0.05) is 16.3 Å². The molecule has 0 saturated heterocycles. The van der Waals surface area contributed by atoms with Gasteiger partial charge in [-0.15, -0.1) is 11.8 Å². The van der Waals surface area contributed by atoms with Crippen molar-refractivity contribution < 1.29 is 8.78 Å². The molecule has 2 rings (SSSR count). The van der Waals surface area contributed by atoms with Crippen LogP contribution in [-0.4, -0.2) is 0 Å². The van der Waals surface area contributed by atoms with Crippen LogP contribution in [0.4, 0.5) is 14.5 Å². The molecule has 0 saturated carbocycles. The summed E-state index contributed by atoms with van der Waals surface area (Å²) in [4.78, 5) is 0.415. The minimum atomic E-state index is -0.456. The first kappa shape index (κ1) is 13.4. The molecule has 0 unspecified atom stereocenters. The molecule has 2 aromatic carbocycles. The van der Waals surface area contributed by atoms with Gasteiger partial charge in [-0.25, -0.2) is 8.78 Å². The van der Waals surface area contributed by atoms with Gasteiger partial charge in [-0.3, -0.25) is 0 Å². The average molecular weight is 276 g/mol. The van der Waals surface area contributed by atoms with E-state index in [2.05, 4.69) is 0 Å². The van der Waals surface area contributed by atoms with Crippen molar-refractivity contribution in [1.29, 1.82) is 5.26 Å². The second-order valence-electron chi connectivity index (χ2n) is 3.90. The van der Waals surface area contributed by atoms with Gasteiger partial charge < -0.3 is 5.73 Å². The summed E-state index contributed by atoms with van der Waals surface area (Å²) in [6.07, 6.45) is 0. The lowest BCUT2D eigenvalue weighted by Crippen LogP contribution is -1.91. The van der Waals surface area contributed by atoms with Crippen LogP contribution in [0.3, 0.4) is 0 Å². The minimum absolute atomic E-state index is 0.268. The molecule has 19 heavy (non-hydrogen) atoms. The largest absolute Gasteiger partial charge is 0.399 e. The lowest BCUT2D eigenvalue weighted by Gasteiger charge is -2.05. The molecule has 0 fully saturated rings. The number of thioether (sulfide) groups is 1. The highest BCUT2D eigenvalue weighted by Gasteiger charge is 2.07. The molecule has 0 aromatic heterocycles. The Kier molecular flexibility index (Phi) is 4.03. The summed E-state index contributed by atoms with van der Waals surface area (Å²) in [5, 5.41) is 8.64. The number of hydrogen-bond donors (Lipinski definition) is 1. The molecular weight excluding hydrogens is 266 g/mol. The Morgan fingerprint density at radius 1 is 1.11 bits per heavy atom. The summed E-state index contributed by atoms with van der Waals surface area (Å²) in [7, 11) is 0. The monoisotopic (exact) mass is 276 g/mol. The molecule has 0 amide bonds. The molecular formula is C14H10F2N2S. The Morgan fingerprint density at radius 2 is 1.89 bits per heavy atom. The van der Waals surface area contributed by atoms with Crippen molar-refractivity contribution in [1.82, 2.24) is 0 Å². The van der Waals surface area contributed by atoms with E-state index in [1.165, 1.54) is 36.0 Å². The van der Waals surface area contributed by atoms with Gasteiger partial charge in [0.05, 0.1) is 11.6 Å². The molecule has 0 aliphatic carbocycles. The lowest BCUT2D eigenvalue weighted by molar-refractivity contribution is 0.602. The molecule has 0 aliphatic heterocycles. The van der Waals surface area contributed by atoms with Crippen molar-refractivity contribution in [3.8, 4) is 6.07 Å². The number of nitrogens with zero attached hydrogens (tertiary/aromatic N) is 1. The predicted molar refractivity (Wildman–Crippen MR) is 71.5 cm³/mol. The van der Waals surface area contributed by atoms with Gasteiger partial charge in [-0.05, 0) is 35.9 Å². The van der Waals surface area contributed by atoms with E-state index in [0.717, 1.165) is 0 Å². The van der Waals surface area contributed by atoms with Crippen molar-refractivity contribution in [2.45, 2.75) is 10.6 Å². The van der Waals surface area contributed by atoms with E-state index < -0.39 is 11.6 Å². The maximum Gasteiger partial charge on any atom is 0.138 e. The quantitative estimate of drug-likeness (QED) is 0.686. The van der Waals surface area contributed by atoms with Gasteiger partial charge in [0.15, 0.2) is 0 Å². The molecule has 0 atom stereocenters. The number of nitrogen functional groups attached to an aromatic ring is 1. The zero-order chi connectivity index (χ0) is 13.8. The highest BCUT2D eigenvalue weighted by atomic mass is 32.2. The molecule has 0 aliphatic rings. The summed E-state index contributed by atoms with van der Waals surface area (Å²) in [5.74, 6) is -0.584. The predicted octanol–water partition coefficient (Wildman–Crippen LogP) is 3.71. The molecule has 2 N–H and O–H groups in total. The topological polar surface area (TPSA) is 49.8 Å². The highest BCUT2D eigenvalue weighted by Crippen LogP contribution is 2.27. The van der Waals surface area contributed by atoms with Crippen molar-refractivity contribution >= 4 is 17.4 Å². The second kappa shape index (κ2) is 5.72. The fourth-order valence-corrected chi connectivity index (χ4v) is 2.43. The van der Waals surface area contributed by atoms with E-state index in [1.54, 1.807) is 12.1 Å². The van der Waals surface area contributed by atoms with Crippen LogP contribution in [0.15, 0.2) is 41.3 Å². The Hall–Kier alpha value is -2.06. The zero-order valence-electron chi connectivity index (χ0n) is 9.86. The molecule has 96 valence electrons. The standard InChI is InChI=1S/C14H10F2N2S/c15-12-5-9(7-17)1-2-10(12)8-19-14-4-3-11(18)6-13(14)16/h1-6H,8,18H2. The van der Waals surface area contributed by atoms with Gasteiger partial charge >= 0.3 is 0 Å². The summed E-state index contributed by atoms with van der Waals surface area (Å²) in [6, 6.07) is 10.5. The number of rotatable bonds is 3. The average Bonchev–Trinajstić information content (AvgIpc) is 2.39. The molecule has 0 bridgehead atoms. The van der Waals surface area contributed by atoms with E-state index in [0.29, 0.717) is 21.9 Å². The Balaban J connectivity index is 2.13. The number of nitrogens with two attached hydrogens (primary N) is 1. The van der Waals surface area contributed by atoms with Gasteiger partial charge in [-0.1, -0.05) is 6.07 Å². The summed E-state index contributed by atoms with van der Waals surface area (Å²) in [5.41, 5.74) is 6.50. The summed E-state index contributed by atoms with van der Waals surface area (Å²) < 4.78 is 27.2. The van der Waals surface area contributed by atoms with Crippen molar-refractivity contribution in [3.63, 3.8) is 0 Å². The Labute approximate surface area is 113 Å². The SMILES string of the molecule is N#Cc1ccc(CSc2ccc(N)cc2F)c(F)c1. The maximum absolute atomic E-state index is 13.6. The van der Waals surface area contributed by atoms with Gasteiger partial charge in [0.1, 0.15) is 11.6 Å². The third-order valence-electron chi connectivity index (χ3n) is 2.52. The van der Waals surface area contributed by atoms with Crippen LogP contribution in [0.1, 0.15) is 11.1 Å². The maximum atomic E-state index is 13.6. The van der Waals surface area contributed by atoms with Crippen molar-refractivity contribution in [2.75, 3.05) is 5.73 Å². The zero-order valence-corrected chi connectivity index (χ0v) is 10.7. The van der Waals surface area contributed by atoms with Crippen LogP contribution >= 0.6 is 11.8 Å². The molecule has 0 spiro atoms. The minimum Gasteiger partial charge on any atom is -0.399 e. The van der Waals surface area contributed by atoms with E-state index in [-0.39, 0.29) is 5.56 Å². The van der Waals surface area contributed by atoms with Gasteiger partial charge in [0.25, 0.3) is 0 Å². The fraction of sp³-hybridized carbons (Fsp3) is 0.0714. The molecule has 2 aromatic rings. The molecule has 5 heteroatoms. The van der Waals surface area contributed by atoms with Crippen LogP contribution in [0.5, 0.6) is 0 Å². The number of hydrogen-bond acceptors (Lipinski definition) is 3. The fourth-order valence-electron chi connectivity index (χ4n) is 1.52. The first-order valence-electron chi connectivity index (χ1n) is 5.46. The second-order valence-corrected chi connectivity index (χ2v) is 4.91. The van der Waals surface area contributed by atoms with Crippen molar-refractivity contribution in [3.05, 3.63) is 59.2 Å². The Morgan fingerprint density at radius 3 is 2.53 bits per heavy atom. The molecule has 0 heterocycles. The molecule has 2 nitrogen and oxygen atoms in total. The smallest absolute Gasteiger partial charge is 0.138 e. The van der Waals surface area contributed by atoms with Crippen LogP contribution in [0.25, 0.3) is 0 Å². The van der Waals surface area contributed by atoms with E-state index in [4.69, 9.17) is 11.0 Å². The summed E-state index contributed by atoms with van der Waals surface area (Å²) >= 11 is 1.18. The first-order valence-corrected chi connectivity index (χ1v) is 6.45. The summed E-state index contributed by atoms with van der Waals surface area (Å²) in [6.45, 7) is 0. The van der Waals surface area contributed by atoms with Crippen LogP contribution < -0.4 is 5.73 Å². The van der Waals surface area contributed by atoms with Crippen LogP contribution in [0, 0.1) is 23.0 Å². The molecule has 0 radical (unpaired) electrons. The van der Waals surface area contributed by atoms with Crippen LogP contribution in [-0.2, 0) is 5.75 Å². The third-order valence-corrected chi connectivity index (χ3v) is 3.62. The number of anilines is 1.